The zero-order valence-electron chi connectivity index (χ0n) is 26.7. The van der Waals surface area contributed by atoms with Gasteiger partial charge in [-0.25, -0.2) is 9.97 Å². The molecular weight excluding hydrogens is 1580 g/mol. The van der Waals surface area contributed by atoms with Crippen LogP contribution in [-0.2, 0) is 0 Å². The van der Waals surface area contributed by atoms with E-state index in [0.29, 0.717) is 0 Å². The Hall–Kier alpha value is 1.16. The first-order chi connectivity index (χ1) is 26.7. The zero-order chi connectivity index (χ0) is 39.5. The molecular formula is C36H10Br12N4S4. The Morgan fingerprint density at radius 3 is 0.714 bits per heavy atom. The molecule has 0 radical (unpaired) electrons. The third-order valence-corrected chi connectivity index (χ3v) is 23.6. The molecule has 7 aromatic heterocycles. The first-order valence-electron chi connectivity index (χ1n) is 15.4. The van der Waals surface area contributed by atoms with Crippen molar-refractivity contribution >= 4 is 277 Å². The molecule has 282 valence electrons. The maximum absolute atomic E-state index is 5.54. The van der Waals surface area contributed by atoms with E-state index in [0.717, 1.165) is 138 Å². The number of rotatable bonds is 4. The summed E-state index contributed by atoms with van der Waals surface area (Å²) in [4.78, 5) is 22.9. The largest absolute Gasteiger partial charge is 0.352 e. The van der Waals surface area contributed by atoms with Crippen molar-refractivity contribution in [2.45, 2.75) is 0 Å². The highest BCUT2D eigenvalue weighted by molar-refractivity contribution is 9.18. The molecule has 0 aromatic carbocycles. The van der Waals surface area contributed by atoms with Crippen molar-refractivity contribution < 1.29 is 0 Å². The third-order valence-electron chi connectivity index (χ3n) is 8.65. The smallest absolute Gasteiger partial charge is 0.0899 e. The average molecular weight is 1590 g/mol. The minimum atomic E-state index is 0.762. The van der Waals surface area contributed by atoms with Gasteiger partial charge in [0.05, 0.1) is 95.8 Å². The minimum absolute atomic E-state index is 0.762. The van der Waals surface area contributed by atoms with Crippen molar-refractivity contribution in [1.29, 1.82) is 0 Å². The Balaban J connectivity index is 1.62. The highest BCUT2D eigenvalue weighted by Gasteiger charge is 2.32. The van der Waals surface area contributed by atoms with Crippen LogP contribution in [0.3, 0.4) is 0 Å². The summed E-state index contributed by atoms with van der Waals surface area (Å²) < 4.78 is 10.7. The Labute approximate surface area is 435 Å². The van der Waals surface area contributed by atoms with Crippen molar-refractivity contribution in [3.05, 3.63) is 104 Å². The Bertz CT molecular complexity index is 2690. The van der Waals surface area contributed by atoms with Crippen LogP contribution in [0.25, 0.3) is 81.8 Å². The highest BCUT2D eigenvalue weighted by atomic mass is 79.9. The quantitative estimate of drug-likeness (QED) is 0.185. The fraction of sp³-hybridized carbons (Fsp3) is 0. The van der Waals surface area contributed by atoms with Crippen LogP contribution in [0.5, 0.6) is 0 Å². The molecule has 0 aliphatic carbocycles. The Kier molecular flexibility index (Phi) is 12.7. The Morgan fingerprint density at radius 1 is 0.321 bits per heavy atom. The number of thiophene rings is 4. The normalized spacial score (nSPS) is 13.2. The number of nitrogens with zero attached hydrogens (tertiary/aromatic N) is 2. The molecule has 4 nitrogen and oxygen atoms in total. The number of hydrogen-bond acceptors (Lipinski definition) is 6. The van der Waals surface area contributed by atoms with Crippen LogP contribution in [0.15, 0.2) is 81.6 Å². The summed E-state index contributed by atoms with van der Waals surface area (Å²) in [6.07, 6.45) is 0. The molecule has 0 atom stereocenters. The lowest BCUT2D eigenvalue weighted by Crippen LogP contribution is -1.89. The van der Waals surface area contributed by atoms with Crippen LogP contribution in [-0.4, -0.2) is 19.9 Å². The van der Waals surface area contributed by atoms with Crippen molar-refractivity contribution in [3.63, 3.8) is 0 Å². The van der Waals surface area contributed by atoms with Crippen molar-refractivity contribution in [3.8, 4) is 41.8 Å². The molecule has 2 aliphatic heterocycles. The summed E-state index contributed by atoms with van der Waals surface area (Å²) in [5.41, 5.74) is 10.1. The lowest BCUT2D eigenvalue weighted by atomic mass is 10.1. The van der Waals surface area contributed by atoms with Crippen LogP contribution >= 0.6 is 237 Å². The number of hydrogen-bond donors (Lipinski definition) is 2. The predicted molar refractivity (Wildman–Crippen MR) is 285 cm³/mol. The molecule has 2 N–H and O–H groups in total. The lowest BCUT2D eigenvalue weighted by Gasteiger charge is -2.05. The summed E-state index contributed by atoms with van der Waals surface area (Å²) >= 11 is 53.6. The molecule has 0 spiro atoms. The first kappa shape index (κ1) is 42.5. The van der Waals surface area contributed by atoms with Crippen LogP contribution in [0, 0.1) is 0 Å². The molecule has 7 aromatic rings. The fourth-order valence-corrected chi connectivity index (χ4v) is 16.0. The molecule has 0 fully saturated rings. The molecule has 0 amide bonds. The van der Waals surface area contributed by atoms with Gasteiger partial charge in [0.2, 0.25) is 0 Å². The molecule has 56 heavy (non-hydrogen) atoms. The van der Waals surface area contributed by atoms with Crippen LogP contribution in [0.4, 0.5) is 0 Å². The zero-order valence-corrected chi connectivity index (χ0v) is 49.0. The number of H-pyrrole nitrogens is 2. The maximum atomic E-state index is 5.54. The van der Waals surface area contributed by atoms with E-state index in [9.17, 15) is 0 Å². The molecule has 0 saturated heterocycles. The number of halogens is 12. The second-order valence-electron chi connectivity index (χ2n) is 11.8. The van der Waals surface area contributed by atoms with Crippen molar-refractivity contribution in [1.82, 2.24) is 19.9 Å². The van der Waals surface area contributed by atoms with E-state index in [-0.39, 0.29) is 0 Å². The van der Waals surface area contributed by atoms with Crippen LogP contribution in [0.2, 0.25) is 0 Å². The van der Waals surface area contributed by atoms with Gasteiger partial charge in [-0.15, -0.1) is 45.3 Å². The van der Waals surface area contributed by atoms with Gasteiger partial charge in [0, 0.05) is 41.8 Å². The van der Waals surface area contributed by atoms with Gasteiger partial charge >= 0.3 is 0 Å². The molecule has 0 unspecified atom stereocenters. The van der Waals surface area contributed by atoms with Gasteiger partial charge in [-0.1, -0.05) is 0 Å². The van der Waals surface area contributed by atoms with E-state index in [4.69, 9.17) is 9.97 Å². The minimum Gasteiger partial charge on any atom is -0.352 e. The van der Waals surface area contributed by atoms with Gasteiger partial charge in [0.1, 0.15) is 0 Å². The van der Waals surface area contributed by atoms with E-state index < -0.39 is 0 Å². The molecule has 9 heterocycles. The molecule has 20 heteroatoms. The second kappa shape index (κ2) is 16.7. The molecule has 2 aliphatic rings. The van der Waals surface area contributed by atoms with Crippen LogP contribution < -0.4 is 0 Å². The van der Waals surface area contributed by atoms with E-state index in [1.807, 2.05) is 0 Å². The summed E-state index contributed by atoms with van der Waals surface area (Å²) in [7, 11) is 0. The van der Waals surface area contributed by atoms with E-state index in [1.165, 1.54) is 0 Å². The number of fused-ring (bicyclic) bond motifs is 8. The summed E-state index contributed by atoms with van der Waals surface area (Å²) in [5.74, 6) is 0. The lowest BCUT2D eigenvalue weighted by molar-refractivity contribution is 1.31. The van der Waals surface area contributed by atoms with E-state index in [2.05, 4.69) is 250 Å². The van der Waals surface area contributed by atoms with Crippen LogP contribution in [0.1, 0.15) is 22.8 Å². The fourth-order valence-electron chi connectivity index (χ4n) is 6.32. The number of aromatic nitrogens is 4. The first-order valence-corrected chi connectivity index (χ1v) is 28.2. The van der Waals surface area contributed by atoms with Gasteiger partial charge in [0.25, 0.3) is 0 Å². The van der Waals surface area contributed by atoms with Gasteiger partial charge in [0.15, 0.2) is 0 Å². The number of nitrogens with one attached hydrogen (secondary N) is 2. The maximum Gasteiger partial charge on any atom is 0.0899 e. The van der Waals surface area contributed by atoms with Gasteiger partial charge in [-0.3, -0.25) is 0 Å². The third kappa shape index (κ3) is 7.27. The molecule has 0 saturated carbocycles. The summed E-state index contributed by atoms with van der Waals surface area (Å²) in [6, 6.07) is 16.7. The highest BCUT2D eigenvalue weighted by Crippen LogP contribution is 2.55. The molecule has 9 rings (SSSR count). The van der Waals surface area contributed by atoms with Crippen molar-refractivity contribution in [2.24, 2.45) is 0 Å². The standard InChI is InChI=1S/C36H10Br12N4S4/c37-13-5-1-9(53-13)17-29-21(41)23(43)31(49-29)18(10-2-6-14(38)54-10)33-25(45)27(47)35(51-33)20(12-4-8-16(40)56-12)36-28(48)26(46)34(52-36)19(11-3-7-15(39)55-11)32-24(44)22(42)30(17)50-32/h1-8,49,52H. The predicted octanol–water partition coefficient (Wildman–Crippen LogP) is 20.6. The van der Waals surface area contributed by atoms with Gasteiger partial charge < -0.3 is 9.97 Å². The van der Waals surface area contributed by atoms with E-state index in [1.54, 1.807) is 45.3 Å². The SMILES string of the molecule is BrC1=C(Br)c2nc1c(-c1ccc(Br)s1)c1[nH]c(c(Br)c1Br)c(-c1ccc(Br)s1)c1nc(c(-c3ccc(Br)s3)c3[nH]c(c(Br)c3Br)c2-c2ccc(Br)s2)C(Br)=C1Br. The van der Waals surface area contributed by atoms with Gasteiger partial charge in [-0.2, -0.15) is 0 Å². The van der Waals surface area contributed by atoms with E-state index >= 15 is 0 Å². The topological polar surface area (TPSA) is 57.4 Å². The Morgan fingerprint density at radius 2 is 0.536 bits per heavy atom. The monoisotopic (exact) mass is 1570 g/mol. The van der Waals surface area contributed by atoms with Gasteiger partial charge in [-0.05, 0) is 240 Å². The number of aromatic amines is 2. The summed E-state index contributed by atoms with van der Waals surface area (Å²) in [6.45, 7) is 0. The second-order valence-corrected chi connectivity index (χ2v) is 28.0. The average Bonchev–Trinajstić information content (AvgIpc) is 4.06. The molecule has 8 bridgehead atoms. The van der Waals surface area contributed by atoms with Crippen molar-refractivity contribution in [2.75, 3.05) is 0 Å². The summed E-state index contributed by atoms with van der Waals surface area (Å²) in [5, 5.41) is 0.